The fraction of sp³-hybridized carbons (Fsp3) is 0.609. The fourth-order valence-electron chi connectivity index (χ4n) is 11.8. The molecule has 15 nitrogen and oxygen atoms in total. The van der Waals surface area contributed by atoms with Crippen molar-refractivity contribution in [2.45, 2.75) is 109 Å². The van der Waals surface area contributed by atoms with E-state index < -0.39 is 113 Å². The van der Waals surface area contributed by atoms with Gasteiger partial charge in [0.1, 0.15) is 16.9 Å². The van der Waals surface area contributed by atoms with Crippen LogP contribution in [0.4, 0.5) is 14.5 Å². The molecule has 0 bridgehead atoms. The Kier molecular flexibility index (Phi) is 11.5. The number of hydrogen-bond acceptors (Lipinski definition) is 14. The number of halogens is 2. The third kappa shape index (κ3) is 7.09. The maximum Gasteiger partial charge on any atom is 0.346 e. The van der Waals surface area contributed by atoms with Gasteiger partial charge in [-0.3, -0.25) is 24.0 Å². The lowest BCUT2D eigenvalue weighted by Crippen LogP contribution is -2.69. The number of ether oxygens (including phenoxy) is 4. The van der Waals surface area contributed by atoms with Gasteiger partial charge in [0.15, 0.2) is 29.6 Å². The van der Waals surface area contributed by atoms with Crippen molar-refractivity contribution in [3.05, 3.63) is 57.7 Å². The number of methoxy groups -OCH3 is 1. The lowest BCUT2D eigenvalue weighted by atomic mass is 9.44. The van der Waals surface area contributed by atoms with E-state index in [1.165, 1.54) is 31.5 Å². The van der Waals surface area contributed by atoms with E-state index in [1.807, 2.05) is 11.8 Å². The Hall–Kier alpha value is -5.00. The number of fused-ring (bicyclic) bond motifs is 6. The molecule has 1 unspecified atom stereocenters. The zero-order valence-electron chi connectivity index (χ0n) is 36.2. The summed E-state index contributed by atoms with van der Waals surface area (Å²) in [5.74, 6) is -6.47. The number of allylic oxidation sites excluding steroid dienone is 4. The van der Waals surface area contributed by atoms with Gasteiger partial charge in [0.2, 0.25) is 18.0 Å². The first-order valence-electron chi connectivity index (χ1n) is 21.8. The zero-order chi connectivity index (χ0) is 45.4. The summed E-state index contributed by atoms with van der Waals surface area (Å²) in [5.41, 5.74) is -6.71. The van der Waals surface area contributed by atoms with Gasteiger partial charge in [0.05, 0.1) is 37.0 Å². The summed E-state index contributed by atoms with van der Waals surface area (Å²) in [7, 11) is 1.40. The molecule has 63 heavy (non-hydrogen) atoms. The van der Waals surface area contributed by atoms with Crippen LogP contribution >= 0.6 is 0 Å². The molecular weight excluding hydrogens is 825 g/mol. The molecule has 1 aromatic heterocycles. The van der Waals surface area contributed by atoms with Crippen molar-refractivity contribution in [2.24, 2.45) is 28.6 Å². The van der Waals surface area contributed by atoms with Gasteiger partial charge in [-0.15, -0.1) is 0 Å². The second-order valence-corrected chi connectivity index (χ2v) is 18.8. The van der Waals surface area contributed by atoms with Gasteiger partial charge in [0.25, 0.3) is 0 Å². The maximum absolute atomic E-state index is 17.5. The summed E-state index contributed by atoms with van der Waals surface area (Å²) in [4.78, 5) is 80.0. The molecule has 2 aromatic rings. The third-order valence-corrected chi connectivity index (χ3v) is 15.2. The van der Waals surface area contributed by atoms with E-state index in [4.69, 9.17) is 18.9 Å². The van der Waals surface area contributed by atoms with Crippen LogP contribution in [-0.2, 0) is 33.4 Å². The number of piperazine rings is 1. The Bertz CT molecular complexity index is 2400. The number of carbonyl (C=O) groups excluding carboxylic acids is 5. The van der Waals surface area contributed by atoms with Crippen LogP contribution in [0.25, 0.3) is 10.9 Å². The minimum absolute atomic E-state index is 0.0699. The molecule has 1 saturated heterocycles. The molecule has 17 heteroatoms. The highest BCUT2D eigenvalue weighted by Gasteiger charge is 2.75. The van der Waals surface area contributed by atoms with E-state index in [0.29, 0.717) is 43.6 Å². The molecule has 5 fully saturated rings. The van der Waals surface area contributed by atoms with Gasteiger partial charge >= 0.3 is 17.9 Å². The van der Waals surface area contributed by atoms with Crippen LogP contribution in [0.3, 0.4) is 0 Å². The number of nitrogens with zero attached hydrogens (tertiary/aromatic N) is 2. The SMILES string of the molecule is COc1c(N2CCNC(C)C2)c(F)cc2c(=O)c(C(=O)OCOC(=O)CCC(=O)OCC(=O)[C@]3(O)[C@H](C)C[C@@H]4[C@H]5CCC6=CC(=O)C=C[C@@]6(C)[C@]5(F)[C@H](O)C[C@]43C)cn(C3CC3)c12. The predicted molar refractivity (Wildman–Crippen MR) is 222 cm³/mol. The number of carbonyl (C=O) groups is 5. The predicted octanol–water partition coefficient (Wildman–Crippen LogP) is 4.18. The van der Waals surface area contributed by atoms with Gasteiger partial charge in [-0.2, -0.15) is 0 Å². The van der Waals surface area contributed by atoms with E-state index in [1.54, 1.807) is 25.3 Å². The number of benzene rings is 1. The van der Waals surface area contributed by atoms with Crippen molar-refractivity contribution >= 4 is 46.1 Å². The quantitative estimate of drug-likeness (QED) is 0.203. The average Bonchev–Trinajstić information content (AvgIpc) is 4.07. The fourth-order valence-corrected chi connectivity index (χ4v) is 11.8. The Morgan fingerprint density at radius 1 is 1.02 bits per heavy atom. The van der Waals surface area contributed by atoms with E-state index in [9.17, 15) is 39.0 Å². The molecule has 9 atom stereocenters. The molecule has 0 amide bonds. The second kappa shape index (κ2) is 16.2. The summed E-state index contributed by atoms with van der Waals surface area (Å²) < 4.78 is 56.1. The van der Waals surface area contributed by atoms with Crippen LogP contribution in [0.5, 0.6) is 5.75 Å². The largest absolute Gasteiger partial charge is 0.492 e. The van der Waals surface area contributed by atoms with Crippen molar-refractivity contribution in [1.29, 1.82) is 0 Å². The molecular formula is C46H55F2N3O12. The van der Waals surface area contributed by atoms with E-state index >= 15 is 8.78 Å². The normalized spacial score (nSPS) is 33.5. The van der Waals surface area contributed by atoms with Crippen LogP contribution in [-0.4, -0.2) is 108 Å². The highest BCUT2D eigenvalue weighted by Crippen LogP contribution is 2.70. The Labute approximate surface area is 362 Å². The Balaban J connectivity index is 0.864. The van der Waals surface area contributed by atoms with Crippen molar-refractivity contribution in [2.75, 3.05) is 45.0 Å². The molecule has 5 aliphatic carbocycles. The number of ketones is 2. The summed E-state index contributed by atoms with van der Waals surface area (Å²) in [6, 6.07) is 1.13. The van der Waals surface area contributed by atoms with Crippen molar-refractivity contribution in [3.8, 4) is 5.75 Å². The molecule has 2 heterocycles. The lowest BCUT2D eigenvalue weighted by Gasteiger charge is -2.62. The number of nitrogens with one attached hydrogen (secondary N) is 1. The number of pyridine rings is 1. The van der Waals surface area contributed by atoms with E-state index in [2.05, 4.69) is 5.32 Å². The maximum atomic E-state index is 17.5. The standard InChI is InChI=1S/C46H55F2N3O12/c1-24-16-32-31-9-6-26-17-28(52)12-13-43(26,3)45(31,48)34(53)19-44(32,4)46(24,59)35(54)22-61-36(55)10-11-37(56)62-23-63-42(58)30-21-51(27-7-8-27)38-29(40(30)57)18-33(47)39(41(38)60-5)50-15-14-49-25(2)20-50/h12-13,17-18,21,24-25,27,31-32,34,49,53,59H,6-11,14-16,19-20,22-23H2,1-5H3/t24-,25?,31-,32-,34-,43-,44-,45-,46-/m1/s1. The van der Waals surface area contributed by atoms with Gasteiger partial charge in [-0.1, -0.05) is 25.5 Å². The van der Waals surface area contributed by atoms with Crippen molar-refractivity contribution in [3.63, 3.8) is 0 Å². The first kappa shape index (κ1) is 44.6. The topological polar surface area (TPSA) is 200 Å². The molecule has 6 aliphatic rings. The smallest absolute Gasteiger partial charge is 0.346 e. The van der Waals surface area contributed by atoms with E-state index in [0.717, 1.165) is 18.9 Å². The second-order valence-electron chi connectivity index (χ2n) is 18.8. The molecule has 1 aliphatic heterocycles. The summed E-state index contributed by atoms with van der Waals surface area (Å²) in [6.07, 6.45) is 5.31. The number of Topliss-reactive ketones (excluding diaryl/α,β-unsaturated/α-hetero) is 1. The van der Waals surface area contributed by atoms with Gasteiger partial charge in [-0.25, -0.2) is 13.6 Å². The van der Waals surface area contributed by atoms with E-state index in [-0.39, 0.29) is 47.5 Å². The minimum atomic E-state index is -2.15. The van der Waals surface area contributed by atoms with Crippen molar-refractivity contribution in [1.82, 2.24) is 9.88 Å². The molecule has 1 aromatic carbocycles. The van der Waals surface area contributed by atoms with Crippen LogP contribution < -0.4 is 20.4 Å². The molecule has 8 rings (SSSR count). The molecule has 0 radical (unpaired) electrons. The van der Waals surface area contributed by atoms with Gasteiger partial charge < -0.3 is 43.9 Å². The summed E-state index contributed by atoms with van der Waals surface area (Å²) >= 11 is 0. The Morgan fingerprint density at radius 2 is 1.73 bits per heavy atom. The number of alkyl halides is 1. The van der Waals surface area contributed by atoms with Gasteiger partial charge in [0, 0.05) is 54.7 Å². The Morgan fingerprint density at radius 3 is 2.41 bits per heavy atom. The number of aromatic nitrogens is 1. The zero-order valence-corrected chi connectivity index (χ0v) is 36.2. The van der Waals surface area contributed by atoms with Crippen molar-refractivity contribution < 1.29 is 61.9 Å². The molecule has 340 valence electrons. The number of esters is 3. The lowest BCUT2D eigenvalue weighted by molar-refractivity contribution is -0.220. The van der Waals surface area contributed by atoms with Crippen LogP contribution in [0, 0.1) is 34.4 Å². The highest BCUT2D eigenvalue weighted by atomic mass is 19.1. The van der Waals surface area contributed by atoms with Gasteiger partial charge in [-0.05, 0) is 82.4 Å². The third-order valence-electron chi connectivity index (χ3n) is 15.2. The number of rotatable bonds is 12. The number of anilines is 1. The average molecular weight is 880 g/mol. The monoisotopic (exact) mass is 879 g/mol. The van der Waals surface area contributed by atoms with Crippen LogP contribution in [0.15, 0.2) is 40.9 Å². The van der Waals surface area contributed by atoms with Crippen LogP contribution in [0.2, 0.25) is 0 Å². The molecule has 4 saturated carbocycles. The van der Waals surface area contributed by atoms with Crippen LogP contribution in [0.1, 0.15) is 95.5 Å². The minimum Gasteiger partial charge on any atom is -0.492 e. The number of aliphatic hydroxyl groups excluding tert-OH is 1. The summed E-state index contributed by atoms with van der Waals surface area (Å²) in [6.45, 7) is 6.95. The highest BCUT2D eigenvalue weighted by molar-refractivity contribution is 6.01. The first-order valence-corrected chi connectivity index (χ1v) is 21.8. The molecule has 3 N–H and O–H groups in total. The first-order chi connectivity index (χ1) is 29.8. The number of aliphatic hydroxyl groups is 2. The number of hydrogen-bond donors (Lipinski definition) is 3. The summed E-state index contributed by atoms with van der Waals surface area (Å²) in [5, 5.41) is 27.0. The molecule has 0 spiro atoms.